The summed E-state index contributed by atoms with van der Waals surface area (Å²) >= 11 is 1.90. The Balaban J connectivity index is 1.07. The molecule has 286 valence electrons. The highest BCUT2D eigenvalue weighted by Crippen LogP contribution is 2.54. The summed E-state index contributed by atoms with van der Waals surface area (Å²) in [6, 6.07) is 70.4. The summed E-state index contributed by atoms with van der Waals surface area (Å²) in [5, 5.41) is 5.16. The first-order chi connectivity index (χ1) is 29.3. The van der Waals surface area contributed by atoms with Gasteiger partial charge in [0.05, 0.1) is 11.4 Å². The molecular weight excluding hydrogens is 743 g/mol. The van der Waals surface area contributed by atoms with Crippen molar-refractivity contribution < 1.29 is 0 Å². The van der Waals surface area contributed by atoms with Crippen LogP contribution in [0.4, 0.5) is 17.1 Å². The maximum Gasteiger partial charge on any atom is 0.0555 e. The van der Waals surface area contributed by atoms with Gasteiger partial charge >= 0.3 is 0 Å². The smallest absolute Gasteiger partial charge is 0.0555 e. The molecule has 0 N–H and O–H groups in total. The number of benzene rings is 9. The van der Waals surface area contributed by atoms with Crippen molar-refractivity contribution in [3.63, 3.8) is 0 Å². The van der Waals surface area contributed by atoms with Crippen LogP contribution in [0, 0.1) is 0 Å². The van der Waals surface area contributed by atoms with Crippen LogP contribution < -0.4 is 4.90 Å². The molecule has 2 heteroatoms. The minimum absolute atomic E-state index is 0.0933. The van der Waals surface area contributed by atoms with E-state index in [0.29, 0.717) is 0 Å². The normalized spacial score (nSPS) is 14.3. The Morgan fingerprint density at radius 2 is 1.00 bits per heavy atom. The Morgan fingerprint density at radius 1 is 0.400 bits per heavy atom. The van der Waals surface area contributed by atoms with Crippen LogP contribution in [-0.4, -0.2) is 0 Å². The lowest BCUT2D eigenvalue weighted by atomic mass is 9.79. The second-order valence-electron chi connectivity index (χ2n) is 17.6. The fourth-order valence-corrected chi connectivity index (χ4v) is 12.1. The van der Waals surface area contributed by atoms with Gasteiger partial charge in [-0.05, 0) is 108 Å². The van der Waals surface area contributed by atoms with Crippen LogP contribution >= 0.6 is 11.3 Å². The van der Waals surface area contributed by atoms with Gasteiger partial charge in [-0.3, -0.25) is 0 Å². The summed E-state index contributed by atoms with van der Waals surface area (Å²) in [5.74, 6) is 0. The van der Waals surface area contributed by atoms with Crippen molar-refractivity contribution >= 4 is 59.3 Å². The van der Waals surface area contributed by atoms with E-state index in [4.69, 9.17) is 0 Å². The Kier molecular flexibility index (Phi) is 7.56. The molecule has 9 aromatic carbocycles. The predicted octanol–water partition coefficient (Wildman–Crippen LogP) is 16.6. The molecule has 0 amide bonds. The third-order valence-corrected chi connectivity index (χ3v) is 14.9. The zero-order chi connectivity index (χ0) is 40.3. The van der Waals surface area contributed by atoms with E-state index < -0.39 is 0 Å². The molecule has 2 aliphatic rings. The second kappa shape index (κ2) is 12.9. The van der Waals surface area contributed by atoms with Crippen LogP contribution in [0.3, 0.4) is 0 Å². The molecular formula is C58H43NS. The van der Waals surface area contributed by atoms with Crippen molar-refractivity contribution in [2.24, 2.45) is 0 Å². The van der Waals surface area contributed by atoms with E-state index in [1.807, 2.05) is 11.3 Å². The Morgan fingerprint density at radius 3 is 1.82 bits per heavy atom. The summed E-state index contributed by atoms with van der Waals surface area (Å²) in [6.07, 6.45) is 0. The number of anilines is 3. The molecule has 10 aromatic rings. The standard InChI is InChI=1S/C58H43NS/c1-57(2)48-22-10-7-18-43(48)45-33-30-38(35-50(45)57)40-16-9-12-24-51(40)59(52-25-14-26-53-54(52)47-34-29-36-15-5-6-17-42(36)56(47)60-53)39-31-27-37(28-32-39)41-20-13-21-46-44-19-8-11-23-49(44)58(3,4)55(41)46/h5-35H,1-4H3. The highest BCUT2D eigenvalue weighted by atomic mass is 32.1. The van der Waals surface area contributed by atoms with Crippen LogP contribution in [0.25, 0.3) is 75.5 Å². The highest BCUT2D eigenvalue weighted by Gasteiger charge is 2.38. The first-order valence-electron chi connectivity index (χ1n) is 21.1. The monoisotopic (exact) mass is 785 g/mol. The van der Waals surface area contributed by atoms with Crippen molar-refractivity contribution in [2.75, 3.05) is 4.90 Å². The molecule has 0 radical (unpaired) electrons. The topological polar surface area (TPSA) is 3.24 Å². The van der Waals surface area contributed by atoms with Gasteiger partial charge in [0.2, 0.25) is 0 Å². The molecule has 1 aromatic heterocycles. The van der Waals surface area contributed by atoms with E-state index in [9.17, 15) is 0 Å². The van der Waals surface area contributed by atoms with Gasteiger partial charge < -0.3 is 4.90 Å². The summed E-state index contributed by atoms with van der Waals surface area (Å²) < 4.78 is 2.62. The predicted molar refractivity (Wildman–Crippen MR) is 258 cm³/mol. The molecule has 0 spiro atoms. The number of fused-ring (bicyclic) bond motifs is 11. The lowest BCUT2D eigenvalue weighted by Crippen LogP contribution is -2.16. The fourth-order valence-electron chi connectivity index (χ4n) is 10.8. The summed E-state index contributed by atoms with van der Waals surface area (Å²) in [4.78, 5) is 2.52. The maximum absolute atomic E-state index is 2.52. The van der Waals surface area contributed by atoms with Crippen molar-refractivity contribution in [1.29, 1.82) is 0 Å². The molecule has 0 fully saturated rings. The van der Waals surface area contributed by atoms with Gasteiger partial charge in [0.15, 0.2) is 0 Å². The summed E-state index contributed by atoms with van der Waals surface area (Å²) in [6.45, 7) is 9.49. The average Bonchev–Trinajstić information content (AvgIpc) is 3.87. The van der Waals surface area contributed by atoms with Gasteiger partial charge in [-0.15, -0.1) is 11.3 Å². The Labute approximate surface area is 355 Å². The van der Waals surface area contributed by atoms with Crippen LogP contribution in [0.5, 0.6) is 0 Å². The number of para-hydroxylation sites is 1. The van der Waals surface area contributed by atoms with Crippen molar-refractivity contribution in [3.05, 3.63) is 210 Å². The summed E-state index contributed by atoms with van der Waals surface area (Å²) in [5.41, 5.74) is 19.2. The van der Waals surface area contributed by atoms with Gasteiger partial charge in [-0.25, -0.2) is 0 Å². The minimum Gasteiger partial charge on any atom is -0.309 e. The minimum atomic E-state index is -0.0994. The van der Waals surface area contributed by atoms with Gasteiger partial charge in [0, 0.05) is 42.3 Å². The fraction of sp³-hybridized carbons (Fsp3) is 0.103. The van der Waals surface area contributed by atoms with Gasteiger partial charge in [0.25, 0.3) is 0 Å². The van der Waals surface area contributed by atoms with Crippen LogP contribution in [0.2, 0.25) is 0 Å². The van der Waals surface area contributed by atoms with E-state index in [0.717, 1.165) is 11.4 Å². The van der Waals surface area contributed by atoms with Crippen molar-refractivity contribution in [2.45, 2.75) is 38.5 Å². The van der Waals surface area contributed by atoms with Crippen LogP contribution in [-0.2, 0) is 10.8 Å². The molecule has 0 aliphatic heterocycles. The molecule has 0 bridgehead atoms. The van der Waals surface area contributed by atoms with Gasteiger partial charge in [-0.2, -0.15) is 0 Å². The quantitative estimate of drug-likeness (QED) is 0.168. The first kappa shape index (κ1) is 35.2. The number of hydrogen-bond donors (Lipinski definition) is 0. The molecule has 1 heterocycles. The lowest BCUT2D eigenvalue weighted by molar-refractivity contribution is 0.660. The van der Waals surface area contributed by atoms with E-state index in [1.165, 1.54) is 103 Å². The number of hydrogen-bond acceptors (Lipinski definition) is 2. The van der Waals surface area contributed by atoms with E-state index in [-0.39, 0.29) is 10.8 Å². The SMILES string of the molecule is CC1(C)c2ccccc2-c2ccc(-c3ccccc3N(c3ccc(-c4cccc5c4C(C)(C)c4ccccc4-5)cc3)c3cccc4sc5c6ccccc6ccc5c34)cc21. The first-order valence-corrected chi connectivity index (χ1v) is 21.9. The van der Waals surface area contributed by atoms with E-state index in [2.05, 4.69) is 221 Å². The van der Waals surface area contributed by atoms with Gasteiger partial charge in [0.1, 0.15) is 0 Å². The molecule has 2 aliphatic carbocycles. The molecule has 60 heavy (non-hydrogen) atoms. The third-order valence-electron chi connectivity index (χ3n) is 13.7. The largest absolute Gasteiger partial charge is 0.309 e. The molecule has 0 atom stereocenters. The number of rotatable bonds is 5. The van der Waals surface area contributed by atoms with Crippen molar-refractivity contribution in [3.8, 4) is 44.5 Å². The molecule has 1 nitrogen and oxygen atoms in total. The molecule has 12 rings (SSSR count). The zero-order valence-corrected chi connectivity index (χ0v) is 35.1. The lowest BCUT2D eigenvalue weighted by Gasteiger charge is -2.29. The van der Waals surface area contributed by atoms with Crippen molar-refractivity contribution in [1.82, 2.24) is 0 Å². The zero-order valence-electron chi connectivity index (χ0n) is 34.3. The van der Waals surface area contributed by atoms with Crippen LogP contribution in [0.15, 0.2) is 188 Å². The Hall–Kier alpha value is -6.74. The Bertz CT molecular complexity index is 3380. The molecule has 0 saturated carbocycles. The average molecular weight is 786 g/mol. The molecule has 0 unspecified atom stereocenters. The van der Waals surface area contributed by atoms with Gasteiger partial charge in [-0.1, -0.05) is 179 Å². The summed E-state index contributed by atoms with van der Waals surface area (Å²) in [7, 11) is 0. The number of thiophene rings is 1. The van der Waals surface area contributed by atoms with Crippen LogP contribution in [0.1, 0.15) is 49.9 Å². The maximum atomic E-state index is 2.52. The third kappa shape index (κ3) is 4.98. The van der Waals surface area contributed by atoms with E-state index in [1.54, 1.807) is 0 Å². The van der Waals surface area contributed by atoms with E-state index >= 15 is 0 Å². The number of nitrogens with zero attached hydrogens (tertiary/aromatic N) is 1. The molecule has 0 saturated heterocycles. The second-order valence-corrected chi connectivity index (χ2v) is 18.7. The highest BCUT2D eigenvalue weighted by molar-refractivity contribution is 7.26.